The van der Waals surface area contributed by atoms with Gasteiger partial charge in [0.1, 0.15) is 6.29 Å². The van der Waals surface area contributed by atoms with Crippen LogP contribution in [0.2, 0.25) is 0 Å². The number of hydrogen-bond donors (Lipinski definition) is 0. The van der Waals surface area contributed by atoms with Gasteiger partial charge in [0.25, 0.3) is 0 Å². The van der Waals surface area contributed by atoms with E-state index in [1.54, 1.807) is 0 Å². The fourth-order valence-corrected chi connectivity index (χ4v) is 1.21. The molecule has 2 aromatic carbocycles. The standard InChI is InChI=1S/C11H7O/c12-8-9-5-6-10-3-1-2-4-11(10)7-9/h1-3,5-8H. The van der Waals surface area contributed by atoms with E-state index in [9.17, 15) is 4.79 Å². The Kier molecular flexibility index (Phi) is 1.63. The van der Waals surface area contributed by atoms with Crippen molar-refractivity contribution in [3.05, 3.63) is 48.0 Å². The van der Waals surface area contributed by atoms with Crippen molar-refractivity contribution in [1.82, 2.24) is 0 Å². The Morgan fingerprint density at radius 2 is 2.17 bits per heavy atom. The van der Waals surface area contributed by atoms with Gasteiger partial charge in [0.05, 0.1) is 0 Å². The summed E-state index contributed by atoms with van der Waals surface area (Å²) in [6, 6.07) is 14.4. The molecule has 57 valence electrons. The van der Waals surface area contributed by atoms with Crippen LogP contribution in [0.4, 0.5) is 0 Å². The molecule has 0 saturated heterocycles. The summed E-state index contributed by atoms with van der Waals surface area (Å²) >= 11 is 0. The molecule has 0 aliphatic rings. The third kappa shape index (κ3) is 1.10. The topological polar surface area (TPSA) is 17.1 Å². The molecule has 0 amide bonds. The van der Waals surface area contributed by atoms with E-state index in [1.165, 1.54) is 0 Å². The van der Waals surface area contributed by atoms with Gasteiger partial charge in [-0.15, -0.1) is 0 Å². The molecule has 1 nitrogen and oxygen atoms in total. The summed E-state index contributed by atoms with van der Waals surface area (Å²) in [5.41, 5.74) is 0.699. The summed E-state index contributed by atoms with van der Waals surface area (Å²) in [6.07, 6.45) is 0.847. The van der Waals surface area contributed by atoms with Crippen molar-refractivity contribution in [2.45, 2.75) is 0 Å². The molecule has 1 radical (unpaired) electrons. The highest BCUT2D eigenvalue weighted by molar-refractivity contribution is 5.88. The van der Waals surface area contributed by atoms with Crippen LogP contribution in [-0.2, 0) is 0 Å². The lowest BCUT2D eigenvalue weighted by Crippen LogP contribution is -1.78. The van der Waals surface area contributed by atoms with Crippen molar-refractivity contribution in [1.29, 1.82) is 0 Å². The van der Waals surface area contributed by atoms with Crippen LogP contribution in [-0.4, -0.2) is 6.29 Å². The number of benzene rings is 2. The lowest BCUT2D eigenvalue weighted by molar-refractivity contribution is 0.112. The second-order valence-corrected chi connectivity index (χ2v) is 2.63. The minimum absolute atomic E-state index is 0.699. The molecule has 12 heavy (non-hydrogen) atoms. The lowest BCUT2D eigenvalue weighted by Gasteiger charge is -1.95. The molecule has 0 atom stereocenters. The predicted molar refractivity (Wildman–Crippen MR) is 48.2 cm³/mol. The SMILES string of the molecule is O=Cc1ccc2ccc[c]c2c1. The Bertz CT molecular complexity index is 418. The van der Waals surface area contributed by atoms with E-state index in [0.717, 1.165) is 17.1 Å². The molecule has 0 aliphatic carbocycles. The Hall–Kier alpha value is -1.63. The summed E-state index contributed by atoms with van der Waals surface area (Å²) in [5.74, 6) is 0. The van der Waals surface area contributed by atoms with Gasteiger partial charge in [0.2, 0.25) is 0 Å². The Morgan fingerprint density at radius 1 is 1.25 bits per heavy atom. The highest BCUT2D eigenvalue weighted by atomic mass is 16.1. The summed E-state index contributed by atoms with van der Waals surface area (Å²) in [5, 5.41) is 2.10. The average Bonchev–Trinajstić information content (AvgIpc) is 2.17. The molecule has 1 heteroatoms. The van der Waals surface area contributed by atoms with E-state index in [-0.39, 0.29) is 0 Å². The van der Waals surface area contributed by atoms with Crippen LogP contribution in [0.15, 0.2) is 36.4 Å². The van der Waals surface area contributed by atoms with Crippen molar-refractivity contribution in [2.24, 2.45) is 0 Å². The van der Waals surface area contributed by atoms with Crippen LogP contribution in [0.1, 0.15) is 10.4 Å². The van der Waals surface area contributed by atoms with E-state index in [4.69, 9.17) is 0 Å². The first-order valence-corrected chi connectivity index (χ1v) is 3.76. The zero-order chi connectivity index (χ0) is 8.39. The van der Waals surface area contributed by atoms with Gasteiger partial charge in [-0.25, -0.2) is 0 Å². The first kappa shape index (κ1) is 7.04. The van der Waals surface area contributed by atoms with Crippen LogP contribution in [0.5, 0.6) is 0 Å². The smallest absolute Gasteiger partial charge is 0.150 e. The zero-order valence-electron chi connectivity index (χ0n) is 6.45. The Labute approximate surface area is 70.6 Å². The molecular weight excluding hydrogens is 148 g/mol. The van der Waals surface area contributed by atoms with E-state index in [0.29, 0.717) is 5.56 Å². The Morgan fingerprint density at radius 3 is 3.00 bits per heavy atom. The van der Waals surface area contributed by atoms with E-state index in [2.05, 4.69) is 6.07 Å². The molecule has 0 heterocycles. The minimum atomic E-state index is 0.699. The molecule has 0 bridgehead atoms. The van der Waals surface area contributed by atoms with Crippen LogP contribution in [0.3, 0.4) is 0 Å². The second kappa shape index (κ2) is 2.78. The largest absolute Gasteiger partial charge is 0.298 e. The van der Waals surface area contributed by atoms with Gasteiger partial charge in [-0.2, -0.15) is 0 Å². The fraction of sp³-hybridized carbons (Fsp3) is 0. The molecule has 0 aromatic heterocycles. The van der Waals surface area contributed by atoms with E-state index >= 15 is 0 Å². The van der Waals surface area contributed by atoms with Crippen molar-refractivity contribution >= 4 is 17.1 Å². The van der Waals surface area contributed by atoms with Crippen LogP contribution < -0.4 is 0 Å². The van der Waals surface area contributed by atoms with Gasteiger partial charge in [-0.1, -0.05) is 30.3 Å². The van der Waals surface area contributed by atoms with Crippen LogP contribution in [0.25, 0.3) is 10.8 Å². The monoisotopic (exact) mass is 155 g/mol. The average molecular weight is 155 g/mol. The van der Waals surface area contributed by atoms with Gasteiger partial charge >= 0.3 is 0 Å². The number of carbonyl (C=O) groups excluding carboxylic acids is 1. The fourth-order valence-electron chi connectivity index (χ4n) is 1.21. The van der Waals surface area contributed by atoms with Gasteiger partial charge in [-0.05, 0) is 22.9 Å². The second-order valence-electron chi connectivity index (χ2n) is 2.63. The minimum Gasteiger partial charge on any atom is -0.298 e. The lowest BCUT2D eigenvalue weighted by atomic mass is 10.1. The van der Waals surface area contributed by atoms with Gasteiger partial charge in [0.15, 0.2) is 0 Å². The van der Waals surface area contributed by atoms with Gasteiger partial charge in [0, 0.05) is 5.56 Å². The maximum Gasteiger partial charge on any atom is 0.150 e. The molecule has 2 aromatic rings. The molecule has 0 spiro atoms. The zero-order valence-corrected chi connectivity index (χ0v) is 6.45. The first-order valence-electron chi connectivity index (χ1n) is 3.76. The normalized spacial score (nSPS) is 10.0. The van der Waals surface area contributed by atoms with Crippen molar-refractivity contribution in [2.75, 3.05) is 0 Å². The third-order valence-corrected chi connectivity index (χ3v) is 1.82. The number of aldehydes is 1. The summed E-state index contributed by atoms with van der Waals surface area (Å²) in [6.45, 7) is 0. The first-order chi connectivity index (χ1) is 5.90. The van der Waals surface area contributed by atoms with Crippen LogP contribution in [0, 0.1) is 6.07 Å². The van der Waals surface area contributed by atoms with Crippen molar-refractivity contribution in [3.63, 3.8) is 0 Å². The molecule has 0 saturated carbocycles. The predicted octanol–water partition coefficient (Wildman–Crippen LogP) is 2.45. The quantitative estimate of drug-likeness (QED) is 0.578. The number of carbonyl (C=O) groups is 1. The maximum atomic E-state index is 10.4. The third-order valence-electron chi connectivity index (χ3n) is 1.82. The number of rotatable bonds is 1. The molecule has 0 unspecified atom stereocenters. The molecular formula is C11H7O. The number of hydrogen-bond acceptors (Lipinski definition) is 1. The summed E-state index contributed by atoms with van der Waals surface area (Å²) in [4.78, 5) is 10.4. The summed E-state index contributed by atoms with van der Waals surface area (Å²) in [7, 11) is 0. The molecule has 0 aliphatic heterocycles. The van der Waals surface area contributed by atoms with E-state index < -0.39 is 0 Å². The van der Waals surface area contributed by atoms with Crippen molar-refractivity contribution in [3.8, 4) is 0 Å². The van der Waals surface area contributed by atoms with Crippen molar-refractivity contribution < 1.29 is 4.79 Å². The molecule has 0 fully saturated rings. The Balaban J connectivity index is 2.75. The van der Waals surface area contributed by atoms with Crippen LogP contribution >= 0.6 is 0 Å². The highest BCUT2D eigenvalue weighted by Crippen LogP contribution is 2.13. The molecule has 0 N–H and O–H groups in total. The van der Waals surface area contributed by atoms with Gasteiger partial charge in [-0.3, -0.25) is 4.79 Å². The van der Waals surface area contributed by atoms with E-state index in [1.807, 2.05) is 36.4 Å². The maximum absolute atomic E-state index is 10.4. The highest BCUT2D eigenvalue weighted by Gasteiger charge is 1.93. The summed E-state index contributed by atoms with van der Waals surface area (Å²) < 4.78 is 0. The number of fused-ring (bicyclic) bond motifs is 1. The van der Waals surface area contributed by atoms with Gasteiger partial charge < -0.3 is 0 Å². The molecule has 2 rings (SSSR count).